The van der Waals surface area contributed by atoms with E-state index >= 15 is 0 Å². The highest BCUT2D eigenvalue weighted by atomic mass is 16.5. The van der Waals surface area contributed by atoms with Gasteiger partial charge in [-0.05, 0) is 30.7 Å². The Labute approximate surface area is 90.1 Å². The fraction of sp³-hybridized carbons (Fsp3) is 0.455. The number of aliphatic hydroxyl groups excluding tert-OH is 1. The van der Waals surface area contributed by atoms with Gasteiger partial charge < -0.3 is 20.9 Å². The summed E-state index contributed by atoms with van der Waals surface area (Å²) in [6.45, 7) is 3.75. The highest BCUT2D eigenvalue weighted by Crippen LogP contribution is 2.15. The molecule has 0 aliphatic rings. The van der Waals surface area contributed by atoms with Gasteiger partial charge in [0.2, 0.25) is 0 Å². The van der Waals surface area contributed by atoms with Gasteiger partial charge in [-0.2, -0.15) is 0 Å². The molecule has 0 aromatic heterocycles. The molecule has 0 aliphatic carbocycles. The van der Waals surface area contributed by atoms with E-state index in [1.807, 2.05) is 25.1 Å². The van der Waals surface area contributed by atoms with Crippen LogP contribution in [0.5, 0.6) is 0 Å². The van der Waals surface area contributed by atoms with E-state index in [1.54, 1.807) is 0 Å². The molecular weight excluding hydrogens is 192 g/mol. The molecule has 0 unspecified atom stereocenters. The number of nitrogen functional groups attached to an aromatic ring is 1. The fourth-order valence-electron chi connectivity index (χ4n) is 1.35. The number of benzene rings is 1. The second-order valence-corrected chi connectivity index (χ2v) is 3.40. The van der Waals surface area contributed by atoms with Crippen LogP contribution < -0.4 is 11.1 Å². The number of aliphatic hydroxyl groups is 1. The maximum Gasteiger partial charge on any atom is 0.0698 e. The van der Waals surface area contributed by atoms with Crippen molar-refractivity contribution in [3.05, 3.63) is 23.8 Å². The molecule has 0 aliphatic heterocycles. The Morgan fingerprint density at radius 2 is 2.13 bits per heavy atom. The second kappa shape index (κ2) is 6.27. The SMILES string of the molecule is Cc1cc(N)cc(NCCOCCO)c1. The lowest BCUT2D eigenvalue weighted by atomic mass is 10.2. The van der Waals surface area contributed by atoms with Crippen molar-refractivity contribution in [2.24, 2.45) is 0 Å². The van der Waals surface area contributed by atoms with Crippen molar-refractivity contribution in [3.8, 4) is 0 Å². The average Bonchev–Trinajstić information content (AvgIpc) is 2.16. The van der Waals surface area contributed by atoms with Gasteiger partial charge in [0, 0.05) is 17.9 Å². The Bertz CT molecular complexity index is 282. The van der Waals surface area contributed by atoms with Crippen LogP contribution in [0.4, 0.5) is 11.4 Å². The second-order valence-electron chi connectivity index (χ2n) is 3.40. The number of rotatable bonds is 6. The highest BCUT2D eigenvalue weighted by Gasteiger charge is 1.95. The largest absolute Gasteiger partial charge is 0.399 e. The van der Waals surface area contributed by atoms with E-state index in [1.165, 1.54) is 0 Å². The zero-order valence-corrected chi connectivity index (χ0v) is 8.99. The molecule has 0 radical (unpaired) electrons. The maximum atomic E-state index is 8.49. The minimum absolute atomic E-state index is 0.0669. The summed E-state index contributed by atoms with van der Waals surface area (Å²) in [6, 6.07) is 5.84. The van der Waals surface area contributed by atoms with Crippen LogP contribution in [-0.2, 0) is 4.74 Å². The van der Waals surface area contributed by atoms with Crippen LogP contribution in [0, 0.1) is 6.92 Å². The monoisotopic (exact) mass is 210 g/mol. The standard InChI is InChI=1S/C11H18N2O2/c1-9-6-10(12)8-11(7-9)13-2-4-15-5-3-14/h6-8,13-14H,2-5,12H2,1H3. The van der Waals surface area contributed by atoms with Gasteiger partial charge in [-0.3, -0.25) is 0 Å². The van der Waals surface area contributed by atoms with Gasteiger partial charge in [0.1, 0.15) is 0 Å². The Kier molecular flexibility index (Phi) is 4.93. The summed E-state index contributed by atoms with van der Waals surface area (Å²) in [7, 11) is 0. The van der Waals surface area contributed by atoms with Crippen LogP contribution in [0.15, 0.2) is 18.2 Å². The van der Waals surface area contributed by atoms with Crippen molar-refractivity contribution in [2.75, 3.05) is 37.4 Å². The first-order chi connectivity index (χ1) is 7.22. The topological polar surface area (TPSA) is 67.5 Å². The minimum Gasteiger partial charge on any atom is -0.399 e. The van der Waals surface area contributed by atoms with Crippen molar-refractivity contribution in [2.45, 2.75) is 6.92 Å². The molecule has 4 nitrogen and oxygen atoms in total. The van der Waals surface area contributed by atoms with E-state index in [0.717, 1.165) is 16.9 Å². The number of nitrogens with one attached hydrogen (secondary N) is 1. The van der Waals surface area contributed by atoms with Crippen LogP contribution in [0.2, 0.25) is 0 Å². The zero-order chi connectivity index (χ0) is 11.1. The number of nitrogens with two attached hydrogens (primary N) is 1. The molecule has 0 amide bonds. The molecule has 1 rings (SSSR count). The quantitative estimate of drug-likeness (QED) is 0.484. The molecule has 0 fully saturated rings. The number of hydrogen-bond acceptors (Lipinski definition) is 4. The molecule has 1 aromatic rings. The van der Waals surface area contributed by atoms with E-state index < -0.39 is 0 Å². The summed E-state index contributed by atoms with van der Waals surface area (Å²) >= 11 is 0. The predicted molar refractivity (Wildman–Crippen MR) is 62.0 cm³/mol. The summed E-state index contributed by atoms with van der Waals surface area (Å²) < 4.78 is 5.12. The normalized spacial score (nSPS) is 10.3. The summed E-state index contributed by atoms with van der Waals surface area (Å²) in [4.78, 5) is 0. The maximum absolute atomic E-state index is 8.49. The molecule has 15 heavy (non-hydrogen) atoms. The number of ether oxygens (including phenoxy) is 1. The number of anilines is 2. The first-order valence-corrected chi connectivity index (χ1v) is 5.02. The van der Waals surface area contributed by atoms with Crippen molar-refractivity contribution in [3.63, 3.8) is 0 Å². The van der Waals surface area contributed by atoms with Gasteiger partial charge in [0.15, 0.2) is 0 Å². The Morgan fingerprint density at radius 3 is 2.80 bits per heavy atom. The number of hydrogen-bond donors (Lipinski definition) is 3. The van der Waals surface area contributed by atoms with E-state index in [2.05, 4.69) is 5.32 Å². The molecule has 1 aromatic carbocycles. The van der Waals surface area contributed by atoms with Crippen LogP contribution in [0.25, 0.3) is 0 Å². The van der Waals surface area contributed by atoms with Crippen LogP contribution >= 0.6 is 0 Å². The van der Waals surface area contributed by atoms with E-state index in [-0.39, 0.29) is 6.61 Å². The van der Waals surface area contributed by atoms with Crippen LogP contribution in [0.3, 0.4) is 0 Å². The summed E-state index contributed by atoms with van der Waals surface area (Å²) in [5.41, 5.74) is 8.60. The van der Waals surface area contributed by atoms with Gasteiger partial charge >= 0.3 is 0 Å². The van der Waals surface area contributed by atoms with Gasteiger partial charge in [-0.25, -0.2) is 0 Å². The van der Waals surface area contributed by atoms with E-state index in [9.17, 15) is 0 Å². The molecule has 0 spiro atoms. The first-order valence-electron chi connectivity index (χ1n) is 5.02. The third kappa shape index (κ3) is 4.67. The minimum atomic E-state index is 0.0669. The molecule has 4 heteroatoms. The summed E-state index contributed by atoms with van der Waals surface area (Å²) in [5, 5.41) is 11.7. The van der Waals surface area contributed by atoms with Crippen molar-refractivity contribution < 1.29 is 9.84 Å². The lowest BCUT2D eigenvalue weighted by molar-refractivity contribution is 0.0992. The van der Waals surface area contributed by atoms with E-state index in [4.69, 9.17) is 15.6 Å². The molecule has 84 valence electrons. The lowest BCUT2D eigenvalue weighted by Crippen LogP contribution is -2.11. The Hall–Kier alpha value is -1.26. The Balaban J connectivity index is 2.31. The molecule has 0 saturated heterocycles. The summed E-state index contributed by atoms with van der Waals surface area (Å²) in [5.74, 6) is 0. The smallest absolute Gasteiger partial charge is 0.0698 e. The summed E-state index contributed by atoms with van der Waals surface area (Å²) in [6.07, 6.45) is 0. The third-order valence-corrected chi connectivity index (χ3v) is 1.91. The van der Waals surface area contributed by atoms with E-state index in [0.29, 0.717) is 19.8 Å². The van der Waals surface area contributed by atoms with Crippen LogP contribution in [-0.4, -0.2) is 31.5 Å². The fourth-order valence-corrected chi connectivity index (χ4v) is 1.35. The van der Waals surface area contributed by atoms with Gasteiger partial charge in [-0.15, -0.1) is 0 Å². The lowest BCUT2D eigenvalue weighted by Gasteiger charge is -2.08. The van der Waals surface area contributed by atoms with Crippen molar-refractivity contribution in [1.29, 1.82) is 0 Å². The number of aryl methyl sites for hydroxylation is 1. The zero-order valence-electron chi connectivity index (χ0n) is 8.99. The molecule has 0 saturated carbocycles. The van der Waals surface area contributed by atoms with Gasteiger partial charge in [0.05, 0.1) is 19.8 Å². The van der Waals surface area contributed by atoms with Gasteiger partial charge in [0.25, 0.3) is 0 Å². The molecule has 0 atom stereocenters. The molecular formula is C11H18N2O2. The Morgan fingerprint density at radius 1 is 1.33 bits per heavy atom. The molecule has 4 N–H and O–H groups in total. The van der Waals surface area contributed by atoms with Gasteiger partial charge in [-0.1, -0.05) is 0 Å². The molecule has 0 heterocycles. The van der Waals surface area contributed by atoms with Crippen LogP contribution in [0.1, 0.15) is 5.56 Å². The van der Waals surface area contributed by atoms with Crippen molar-refractivity contribution >= 4 is 11.4 Å². The molecule has 0 bridgehead atoms. The third-order valence-electron chi connectivity index (χ3n) is 1.91. The first kappa shape index (κ1) is 11.8. The predicted octanol–water partition coefficient (Wildman–Crippen LogP) is 0.998. The highest BCUT2D eigenvalue weighted by molar-refractivity contribution is 5.56. The average molecular weight is 210 g/mol. The van der Waals surface area contributed by atoms with Crippen molar-refractivity contribution in [1.82, 2.24) is 0 Å².